The topological polar surface area (TPSA) is 67.2 Å². The van der Waals surface area contributed by atoms with E-state index in [4.69, 9.17) is 5.11 Å². The molecule has 0 radical (unpaired) electrons. The van der Waals surface area contributed by atoms with Gasteiger partial charge in [0, 0.05) is 19.8 Å². The Balaban J connectivity index is 1.82. The first kappa shape index (κ1) is 12.2. The number of aryl methyl sites for hydroxylation is 1. The second kappa shape index (κ2) is 5.35. The van der Waals surface area contributed by atoms with Crippen molar-refractivity contribution in [3.63, 3.8) is 0 Å². The second-order valence-corrected chi connectivity index (χ2v) is 4.10. The fraction of sp³-hybridized carbons (Fsp3) is 0.231. The highest BCUT2D eigenvalue weighted by Crippen LogP contribution is 2.09. The van der Waals surface area contributed by atoms with E-state index in [1.807, 2.05) is 19.2 Å². The summed E-state index contributed by atoms with van der Waals surface area (Å²) in [6.45, 7) is 0.542. The van der Waals surface area contributed by atoms with Crippen molar-refractivity contribution in [3.05, 3.63) is 48.0 Å². The van der Waals surface area contributed by atoms with Crippen LogP contribution in [0.25, 0.3) is 0 Å². The van der Waals surface area contributed by atoms with Gasteiger partial charge in [0.25, 0.3) is 5.91 Å². The van der Waals surface area contributed by atoms with E-state index in [-0.39, 0.29) is 11.7 Å². The van der Waals surface area contributed by atoms with Crippen molar-refractivity contribution in [2.24, 2.45) is 7.05 Å². The number of hydrogen-bond donors (Lipinski definition) is 2. The van der Waals surface area contributed by atoms with Gasteiger partial charge in [0.05, 0.1) is 6.33 Å². The molecule has 1 heterocycles. The molecular weight excluding hydrogens is 230 g/mol. The number of carbonyl (C=O) groups is 1. The average Bonchev–Trinajstić information content (AvgIpc) is 2.78. The first-order chi connectivity index (χ1) is 8.65. The Morgan fingerprint density at radius 3 is 2.72 bits per heavy atom. The third-order valence-electron chi connectivity index (χ3n) is 2.57. The van der Waals surface area contributed by atoms with Crippen LogP contribution in [-0.4, -0.2) is 27.1 Å². The minimum absolute atomic E-state index is 0.172. The van der Waals surface area contributed by atoms with Gasteiger partial charge in [0.15, 0.2) is 0 Å². The van der Waals surface area contributed by atoms with E-state index in [1.165, 1.54) is 0 Å². The zero-order chi connectivity index (χ0) is 13.0. The standard InChI is InChI=1S/C13H15N3O2/c1-16-8-12(15-9-16)13(18)14-7-6-10-2-4-11(17)5-3-10/h2-5,8-9,17H,6-7H2,1H3,(H,14,18). The first-order valence-corrected chi connectivity index (χ1v) is 5.69. The largest absolute Gasteiger partial charge is 0.508 e. The number of benzene rings is 1. The fourth-order valence-electron chi connectivity index (χ4n) is 1.60. The normalized spacial score (nSPS) is 10.3. The molecule has 0 saturated carbocycles. The Morgan fingerprint density at radius 1 is 1.39 bits per heavy atom. The third-order valence-corrected chi connectivity index (χ3v) is 2.57. The molecule has 2 aromatic rings. The van der Waals surface area contributed by atoms with Gasteiger partial charge in [-0.1, -0.05) is 12.1 Å². The van der Waals surface area contributed by atoms with Crippen LogP contribution in [0.15, 0.2) is 36.8 Å². The van der Waals surface area contributed by atoms with Crippen LogP contribution in [-0.2, 0) is 13.5 Å². The number of phenols is 1. The van der Waals surface area contributed by atoms with Crippen LogP contribution >= 0.6 is 0 Å². The molecule has 1 aromatic carbocycles. The summed E-state index contributed by atoms with van der Waals surface area (Å²) in [7, 11) is 1.82. The molecule has 0 aliphatic rings. The van der Waals surface area contributed by atoms with Crippen LogP contribution in [0.3, 0.4) is 0 Å². The van der Waals surface area contributed by atoms with Gasteiger partial charge in [0.1, 0.15) is 11.4 Å². The van der Waals surface area contributed by atoms with E-state index in [0.29, 0.717) is 12.2 Å². The van der Waals surface area contributed by atoms with Crippen molar-refractivity contribution in [3.8, 4) is 5.75 Å². The molecule has 1 amide bonds. The summed E-state index contributed by atoms with van der Waals surface area (Å²) in [6, 6.07) is 6.94. The lowest BCUT2D eigenvalue weighted by Crippen LogP contribution is -2.25. The Morgan fingerprint density at radius 2 is 2.11 bits per heavy atom. The zero-order valence-corrected chi connectivity index (χ0v) is 10.1. The SMILES string of the molecule is Cn1cnc(C(=O)NCCc2ccc(O)cc2)c1. The van der Waals surface area contributed by atoms with Crippen LogP contribution in [0.5, 0.6) is 5.75 Å². The maximum Gasteiger partial charge on any atom is 0.271 e. The summed E-state index contributed by atoms with van der Waals surface area (Å²) in [4.78, 5) is 15.6. The van der Waals surface area contributed by atoms with Gasteiger partial charge in [-0.05, 0) is 24.1 Å². The highest BCUT2D eigenvalue weighted by atomic mass is 16.3. The Hall–Kier alpha value is -2.30. The number of amides is 1. The summed E-state index contributed by atoms with van der Waals surface area (Å²) in [5, 5.41) is 11.9. The fourth-order valence-corrected chi connectivity index (χ4v) is 1.60. The molecule has 2 N–H and O–H groups in total. The Kier molecular flexibility index (Phi) is 3.62. The lowest BCUT2D eigenvalue weighted by Gasteiger charge is -2.03. The predicted octanol–water partition coefficient (Wildman–Crippen LogP) is 1.10. The summed E-state index contributed by atoms with van der Waals surface area (Å²) >= 11 is 0. The number of hydrogen-bond acceptors (Lipinski definition) is 3. The van der Waals surface area contributed by atoms with Crippen molar-refractivity contribution in [2.75, 3.05) is 6.54 Å². The highest BCUT2D eigenvalue weighted by molar-refractivity contribution is 5.91. The highest BCUT2D eigenvalue weighted by Gasteiger charge is 2.07. The quantitative estimate of drug-likeness (QED) is 0.847. The van der Waals surface area contributed by atoms with Crippen LogP contribution in [0.1, 0.15) is 16.1 Å². The molecule has 0 unspecified atom stereocenters. The van der Waals surface area contributed by atoms with E-state index in [9.17, 15) is 4.79 Å². The number of aromatic hydroxyl groups is 1. The van der Waals surface area contributed by atoms with E-state index in [2.05, 4.69) is 10.3 Å². The molecule has 2 rings (SSSR count). The molecule has 5 nitrogen and oxygen atoms in total. The van der Waals surface area contributed by atoms with E-state index in [1.54, 1.807) is 29.2 Å². The third kappa shape index (κ3) is 3.10. The predicted molar refractivity (Wildman–Crippen MR) is 67.4 cm³/mol. The minimum Gasteiger partial charge on any atom is -0.508 e. The molecule has 0 spiro atoms. The number of aromatic nitrogens is 2. The van der Waals surface area contributed by atoms with Crippen molar-refractivity contribution < 1.29 is 9.90 Å². The van der Waals surface area contributed by atoms with Gasteiger partial charge in [-0.2, -0.15) is 0 Å². The summed E-state index contributed by atoms with van der Waals surface area (Å²) < 4.78 is 1.73. The van der Waals surface area contributed by atoms with Crippen LogP contribution in [0, 0.1) is 0 Å². The van der Waals surface area contributed by atoms with E-state index < -0.39 is 0 Å². The summed E-state index contributed by atoms with van der Waals surface area (Å²) in [5.74, 6) is 0.0747. The molecule has 0 aliphatic heterocycles. The number of phenolic OH excluding ortho intramolecular Hbond substituents is 1. The maximum atomic E-state index is 11.7. The monoisotopic (exact) mass is 245 g/mol. The summed E-state index contributed by atoms with van der Waals surface area (Å²) in [5.41, 5.74) is 1.48. The number of imidazole rings is 1. The Labute approximate surface area is 105 Å². The molecule has 0 aliphatic carbocycles. The van der Waals surface area contributed by atoms with Gasteiger partial charge in [0.2, 0.25) is 0 Å². The number of nitrogens with zero attached hydrogens (tertiary/aromatic N) is 2. The van der Waals surface area contributed by atoms with Gasteiger partial charge < -0.3 is 15.0 Å². The van der Waals surface area contributed by atoms with Gasteiger partial charge in [-0.3, -0.25) is 4.79 Å². The molecule has 0 fully saturated rings. The molecule has 94 valence electrons. The van der Waals surface area contributed by atoms with E-state index >= 15 is 0 Å². The van der Waals surface area contributed by atoms with Gasteiger partial charge in [-0.15, -0.1) is 0 Å². The van der Waals surface area contributed by atoms with Crippen molar-refractivity contribution in [1.82, 2.24) is 14.9 Å². The number of rotatable bonds is 4. The van der Waals surface area contributed by atoms with Crippen molar-refractivity contribution in [2.45, 2.75) is 6.42 Å². The average molecular weight is 245 g/mol. The summed E-state index contributed by atoms with van der Waals surface area (Å²) in [6.07, 6.45) is 3.99. The van der Waals surface area contributed by atoms with Crippen LogP contribution < -0.4 is 5.32 Å². The lowest BCUT2D eigenvalue weighted by molar-refractivity contribution is 0.0949. The molecule has 0 bridgehead atoms. The van der Waals surface area contributed by atoms with Crippen molar-refractivity contribution >= 4 is 5.91 Å². The maximum absolute atomic E-state index is 11.7. The van der Waals surface area contributed by atoms with Crippen LogP contribution in [0.4, 0.5) is 0 Å². The minimum atomic E-state index is -0.172. The molecule has 0 saturated heterocycles. The lowest BCUT2D eigenvalue weighted by atomic mass is 10.1. The number of carbonyl (C=O) groups excluding carboxylic acids is 1. The molecule has 1 aromatic heterocycles. The zero-order valence-electron chi connectivity index (χ0n) is 10.1. The Bertz CT molecular complexity index is 531. The van der Waals surface area contributed by atoms with Gasteiger partial charge in [-0.25, -0.2) is 4.98 Å². The molecule has 0 atom stereocenters. The molecular formula is C13H15N3O2. The van der Waals surface area contributed by atoms with Crippen LogP contribution in [0.2, 0.25) is 0 Å². The van der Waals surface area contributed by atoms with Gasteiger partial charge >= 0.3 is 0 Å². The van der Waals surface area contributed by atoms with Crippen molar-refractivity contribution in [1.29, 1.82) is 0 Å². The van der Waals surface area contributed by atoms with E-state index in [0.717, 1.165) is 12.0 Å². The second-order valence-electron chi connectivity index (χ2n) is 4.10. The number of nitrogens with one attached hydrogen (secondary N) is 1. The molecule has 18 heavy (non-hydrogen) atoms. The smallest absolute Gasteiger partial charge is 0.271 e. The molecule has 5 heteroatoms. The first-order valence-electron chi connectivity index (χ1n) is 5.69.